The normalized spacial score (nSPS) is 19.4. The predicted molar refractivity (Wildman–Crippen MR) is 91.1 cm³/mol. The quantitative estimate of drug-likeness (QED) is 0.803. The van der Waals surface area contributed by atoms with Crippen LogP contribution >= 0.6 is 0 Å². The zero-order valence-corrected chi connectivity index (χ0v) is 13.7. The Hall–Kier alpha value is -2.89. The molecule has 1 aromatic heterocycles. The van der Waals surface area contributed by atoms with Crippen LogP contribution in [0.2, 0.25) is 0 Å². The van der Waals surface area contributed by atoms with Crippen LogP contribution in [0.1, 0.15) is 35.2 Å². The summed E-state index contributed by atoms with van der Waals surface area (Å²) in [5.41, 5.74) is 3.70. The van der Waals surface area contributed by atoms with Gasteiger partial charge < -0.3 is 10.1 Å². The minimum Gasteiger partial charge on any atom is -0.497 e. The number of tetrazole rings is 1. The summed E-state index contributed by atoms with van der Waals surface area (Å²) < 4.78 is 7.13. The fourth-order valence-corrected chi connectivity index (χ4v) is 3.31. The molecule has 0 saturated heterocycles. The third-order valence-corrected chi connectivity index (χ3v) is 4.62. The first-order valence-corrected chi connectivity index (χ1v) is 8.00. The van der Waals surface area contributed by atoms with Crippen LogP contribution in [0.15, 0.2) is 48.5 Å². The van der Waals surface area contributed by atoms with E-state index in [1.807, 2.05) is 16.8 Å². The highest BCUT2D eigenvalue weighted by Crippen LogP contribution is 2.38. The Labute approximate surface area is 140 Å². The van der Waals surface area contributed by atoms with Crippen LogP contribution in [0.25, 0.3) is 0 Å². The van der Waals surface area contributed by atoms with Crippen molar-refractivity contribution >= 4 is 5.95 Å². The number of nitrogens with one attached hydrogen (secondary N) is 1. The van der Waals surface area contributed by atoms with E-state index in [0.29, 0.717) is 5.95 Å². The molecule has 0 fully saturated rings. The summed E-state index contributed by atoms with van der Waals surface area (Å²) >= 11 is 0. The number of methoxy groups -OCH3 is 1. The summed E-state index contributed by atoms with van der Waals surface area (Å²) in [5, 5.41) is 15.6. The van der Waals surface area contributed by atoms with Crippen LogP contribution in [0.5, 0.6) is 5.75 Å². The average molecular weight is 321 g/mol. The van der Waals surface area contributed by atoms with Gasteiger partial charge in [-0.2, -0.15) is 0 Å². The van der Waals surface area contributed by atoms with Gasteiger partial charge in [0.25, 0.3) is 0 Å². The number of hydrogen-bond donors (Lipinski definition) is 1. The van der Waals surface area contributed by atoms with Gasteiger partial charge in [-0.05, 0) is 52.6 Å². The molecule has 1 aliphatic rings. The third-order valence-electron chi connectivity index (χ3n) is 4.62. The fourth-order valence-electron chi connectivity index (χ4n) is 3.31. The lowest BCUT2D eigenvalue weighted by atomic mass is 9.91. The molecule has 0 saturated carbocycles. The van der Waals surface area contributed by atoms with Crippen LogP contribution in [0.4, 0.5) is 5.95 Å². The van der Waals surface area contributed by atoms with Gasteiger partial charge in [0.2, 0.25) is 5.95 Å². The van der Waals surface area contributed by atoms with Crippen molar-refractivity contribution in [1.29, 1.82) is 0 Å². The van der Waals surface area contributed by atoms with Crippen molar-refractivity contribution in [2.45, 2.75) is 25.4 Å². The smallest absolute Gasteiger partial charge is 0.243 e. The Bertz CT molecular complexity index is 843. The SMILES string of the molecule is COc1ccc(C2CC(c3ccccc3C)n3nnnc3N2)cc1. The number of anilines is 1. The maximum Gasteiger partial charge on any atom is 0.243 e. The van der Waals surface area contributed by atoms with E-state index in [2.05, 4.69) is 64.2 Å². The molecule has 3 aromatic rings. The predicted octanol–water partition coefficient (Wildman–Crippen LogP) is 3.14. The lowest BCUT2D eigenvalue weighted by Gasteiger charge is -2.31. The zero-order valence-electron chi connectivity index (χ0n) is 13.7. The molecule has 0 radical (unpaired) electrons. The maximum absolute atomic E-state index is 5.25. The Morgan fingerprint density at radius 3 is 2.67 bits per heavy atom. The van der Waals surface area contributed by atoms with Crippen molar-refractivity contribution in [3.63, 3.8) is 0 Å². The van der Waals surface area contributed by atoms with Crippen LogP contribution in [-0.2, 0) is 0 Å². The van der Waals surface area contributed by atoms with Gasteiger partial charge in [0, 0.05) is 0 Å². The van der Waals surface area contributed by atoms with Gasteiger partial charge in [-0.25, -0.2) is 4.68 Å². The number of rotatable bonds is 3. The standard InChI is InChI=1S/C18H19N5O/c1-12-5-3-4-6-15(12)17-11-16(19-18-20-21-22-23(17)18)13-7-9-14(24-2)10-8-13/h3-10,16-17H,11H2,1-2H3,(H,19,20,22). The Morgan fingerprint density at radius 1 is 1.12 bits per heavy atom. The summed E-state index contributed by atoms with van der Waals surface area (Å²) in [6.45, 7) is 2.13. The Morgan fingerprint density at radius 2 is 1.92 bits per heavy atom. The summed E-state index contributed by atoms with van der Waals surface area (Å²) in [6.07, 6.45) is 0.884. The van der Waals surface area contributed by atoms with E-state index >= 15 is 0 Å². The second-order valence-electron chi connectivity index (χ2n) is 6.03. The second-order valence-corrected chi connectivity index (χ2v) is 6.03. The number of aromatic nitrogens is 4. The highest BCUT2D eigenvalue weighted by Gasteiger charge is 2.31. The highest BCUT2D eigenvalue weighted by molar-refractivity contribution is 5.40. The van der Waals surface area contributed by atoms with Crippen molar-refractivity contribution < 1.29 is 4.74 Å². The molecular weight excluding hydrogens is 302 g/mol. The molecule has 2 atom stereocenters. The van der Waals surface area contributed by atoms with Crippen molar-refractivity contribution in [3.8, 4) is 5.75 Å². The molecule has 24 heavy (non-hydrogen) atoms. The van der Waals surface area contributed by atoms with E-state index in [9.17, 15) is 0 Å². The van der Waals surface area contributed by atoms with Gasteiger partial charge in [0.05, 0.1) is 19.2 Å². The Kier molecular flexibility index (Phi) is 3.65. The number of fused-ring (bicyclic) bond motifs is 1. The van der Waals surface area contributed by atoms with E-state index < -0.39 is 0 Å². The molecule has 0 spiro atoms. The van der Waals surface area contributed by atoms with Crippen molar-refractivity contribution in [2.75, 3.05) is 12.4 Å². The highest BCUT2D eigenvalue weighted by atomic mass is 16.5. The zero-order chi connectivity index (χ0) is 16.5. The van der Waals surface area contributed by atoms with Crippen molar-refractivity contribution in [2.24, 2.45) is 0 Å². The van der Waals surface area contributed by atoms with Crippen LogP contribution in [0, 0.1) is 6.92 Å². The monoisotopic (exact) mass is 321 g/mol. The van der Waals surface area contributed by atoms with Crippen LogP contribution in [-0.4, -0.2) is 27.3 Å². The molecule has 6 heteroatoms. The van der Waals surface area contributed by atoms with Gasteiger partial charge in [-0.3, -0.25) is 0 Å². The lowest BCUT2D eigenvalue weighted by molar-refractivity contribution is 0.412. The van der Waals surface area contributed by atoms with E-state index in [4.69, 9.17) is 4.74 Å². The van der Waals surface area contributed by atoms with Crippen LogP contribution in [0.3, 0.4) is 0 Å². The first-order valence-electron chi connectivity index (χ1n) is 8.00. The van der Waals surface area contributed by atoms with Gasteiger partial charge in [0.1, 0.15) is 5.75 Å². The Balaban J connectivity index is 1.72. The topological polar surface area (TPSA) is 64.9 Å². The fraction of sp³-hybridized carbons (Fsp3) is 0.278. The maximum atomic E-state index is 5.25. The second kappa shape index (κ2) is 5.96. The van der Waals surface area contributed by atoms with Gasteiger partial charge >= 0.3 is 0 Å². The first-order chi connectivity index (χ1) is 11.8. The van der Waals surface area contributed by atoms with Crippen molar-refractivity contribution in [3.05, 3.63) is 65.2 Å². The number of benzene rings is 2. The van der Waals surface area contributed by atoms with E-state index in [-0.39, 0.29) is 12.1 Å². The first kappa shape index (κ1) is 14.7. The molecule has 6 nitrogen and oxygen atoms in total. The molecule has 1 aliphatic heterocycles. The minimum absolute atomic E-state index is 0.115. The van der Waals surface area contributed by atoms with Gasteiger partial charge in [0.15, 0.2) is 0 Å². The van der Waals surface area contributed by atoms with E-state index in [1.165, 1.54) is 16.7 Å². The largest absolute Gasteiger partial charge is 0.497 e. The van der Waals surface area contributed by atoms with E-state index in [0.717, 1.165) is 12.2 Å². The molecule has 1 N–H and O–H groups in total. The molecule has 0 aliphatic carbocycles. The van der Waals surface area contributed by atoms with Crippen LogP contribution < -0.4 is 10.1 Å². The van der Waals surface area contributed by atoms with Crippen molar-refractivity contribution in [1.82, 2.24) is 20.2 Å². The molecule has 2 aromatic carbocycles. The summed E-state index contributed by atoms with van der Waals surface area (Å²) in [7, 11) is 1.68. The average Bonchev–Trinajstić information content (AvgIpc) is 3.10. The number of hydrogen-bond acceptors (Lipinski definition) is 5. The molecule has 122 valence electrons. The summed E-state index contributed by atoms with van der Waals surface area (Å²) in [4.78, 5) is 0. The molecular formula is C18H19N5O. The summed E-state index contributed by atoms with van der Waals surface area (Å²) in [6, 6.07) is 16.8. The molecule has 4 rings (SSSR count). The lowest BCUT2D eigenvalue weighted by Crippen LogP contribution is -2.28. The molecule has 0 bridgehead atoms. The summed E-state index contributed by atoms with van der Waals surface area (Å²) in [5.74, 6) is 1.56. The van der Waals surface area contributed by atoms with Gasteiger partial charge in [-0.15, -0.1) is 0 Å². The van der Waals surface area contributed by atoms with Gasteiger partial charge in [-0.1, -0.05) is 41.5 Å². The van der Waals surface area contributed by atoms with E-state index in [1.54, 1.807) is 7.11 Å². The minimum atomic E-state index is 0.115. The number of aryl methyl sites for hydroxylation is 1. The molecule has 2 heterocycles. The third kappa shape index (κ3) is 2.50. The number of nitrogens with zero attached hydrogens (tertiary/aromatic N) is 4. The molecule has 0 amide bonds. The number of ether oxygens (including phenoxy) is 1. The molecule has 2 unspecified atom stereocenters.